The Morgan fingerprint density at radius 3 is 2.46 bits per heavy atom. The highest BCUT2D eigenvalue weighted by atomic mass is 35.5. The second-order valence-corrected chi connectivity index (χ2v) is 11.3. The van der Waals surface area contributed by atoms with E-state index in [0.29, 0.717) is 16.5 Å². The number of carbonyl (C=O) groups is 3. The van der Waals surface area contributed by atoms with Gasteiger partial charge in [0.05, 0.1) is 25.0 Å². The molecule has 39 heavy (non-hydrogen) atoms. The molecule has 2 aromatic rings. The van der Waals surface area contributed by atoms with E-state index in [1.807, 2.05) is 24.3 Å². The number of ether oxygens (including phenoxy) is 2. The molecular weight excluding hydrogens is 518 g/mol. The van der Waals surface area contributed by atoms with Crippen molar-refractivity contribution in [3.05, 3.63) is 71.3 Å². The highest BCUT2D eigenvalue weighted by Crippen LogP contribution is 2.55. The lowest BCUT2D eigenvalue weighted by Gasteiger charge is -2.34. The molecule has 4 aliphatic rings. The van der Waals surface area contributed by atoms with Gasteiger partial charge in [-0.3, -0.25) is 14.4 Å². The van der Waals surface area contributed by atoms with Crippen LogP contribution in [0.1, 0.15) is 37.7 Å². The zero-order valence-corrected chi connectivity index (χ0v) is 22.5. The number of fused-ring (bicyclic) bond motifs is 1. The zero-order chi connectivity index (χ0) is 27.1. The predicted octanol–water partition coefficient (Wildman–Crippen LogP) is 4.09. The van der Waals surface area contributed by atoms with E-state index in [0.717, 1.165) is 31.2 Å². The van der Waals surface area contributed by atoms with Crippen molar-refractivity contribution < 1.29 is 23.9 Å². The largest absolute Gasteiger partial charge is 0.497 e. The summed E-state index contributed by atoms with van der Waals surface area (Å²) in [5, 5.41) is 6.74. The Morgan fingerprint density at radius 2 is 1.77 bits per heavy atom. The molecular formula is C30H32ClN3O5. The lowest BCUT2D eigenvalue weighted by atomic mass is 9.74. The second-order valence-electron chi connectivity index (χ2n) is 10.9. The Labute approximate surface area is 232 Å². The maximum atomic E-state index is 14.1. The highest BCUT2D eigenvalue weighted by molar-refractivity contribution is 6.30. The Hall–Kier alpha value is -3.36. The predicted molar refractivity (Wildman–Crippen MR) is 146 cm³/mol. The van der Waals surface area contributed by atoms with E-state index in [-0.39, 0.29) is 30.3 Å². The molecule has 2 bridgehead atoms. The van der Waals surface area contributed by atoms with Crippen molar-refractivity contribution in [2.24, 2.45) is 11.8 Å². The molecule has 5 atom stereocenters. The SMILES string of the molecule is COc1ccc(NC(=O)[C@@H]2[C@@H]3C=C[C@]4(O3)[C@@H]2C(=O)N(Cc2ccc(Cl)cc2)[C@H]4C(=O)NC2CCCCC2)cc1. The van der Waals surface area contributed by atoms with E-state index in [4.69, 9.17) is 21.1 Å². The maximum Gasteiger partial charge on any atom is 0.246 e. The molecule has 0 radical (unpaired) electrons. The average Bonchev–Trinajstić information content (AvgIpc) is 3.58. The topological polar surface area (TPSA) is 97.0 Å². The van der Waals surface area contributed by atoms with Gasteiger partial charge in [0.15, 0.2) is 0 Å². The number of halogens is 1. The summed E-state index contributed by atoms with van der Waals surface area (Å²) in [4.78, 5) is 43.2. The van der Waals surface area contributed by atoms with Gasteiger partial charge in [0.2, 0.25) is 17.7 Å². The van der Waals surface area contributed by atoms with Gasteiger partial charge in [-0.25, -0.2) is 0 Å². The summed E-state index contributed by atoms with van der Waals surface area (Å²) in [6, 6.07) is 13.4. The lowest BCUT2D eigenvalue weighted by Crippen LogP contribution is -2.56. The summed E-state index contributed by atoms with van der Waals surface area (Å²) in [7, 11) is 1.58. The molecule has 0 aromatic heterocycles. The number of carbonyl (C=O) groups excluding carboxylic acids is 3. The van der Waals surface area contributed by atoms with Crippen LogP contribution in [0.3, 0.4) is 0 Å². The molecule has 2 N–H and O–H groups in total. The Morgan fingerprint density at radius 1 is 1.05 bits per heavy atom. The van der Waals surface area contributed by atoms with Gasteiger partial charge in [0.25, 0.3) is 0 Å². The number of amides is 3. The maximum absolute atomic E-state index is 14.1. The van der Waals surface area contributed by atoms with E-state index in [9.17, 15) is 14.4 Å². The quantitative estimate of drug-likeness (QED) is 0.507. The number of hydrogen-bond acceptors (Lipinski definition) is 5. The van der Waals surface area contributed by atoms with E-state index < -0.39 is 29.6 Å². The van der Waals surface area contributed by atoms with Crippen LogP contribution in [-0.2, 0) is 25.7 Å². The molecule has 8 nitrogen and oxygen atoms in total. The molecule has 3 aliphatic heterocycles. The van der Waals surface area contributed by atoms with Gasteiger partial charge in [-0.05, 0) is 54.8 Å². The molecule has 0 unspecified atom stereocenters. The number of nitrogens with zero attached hydrogens (tertiary/aromatic N) is 1. The number of methoxy groups -OCH3 is 1. The number of anilines is 1. The van der Waals surface area contributed by atoms with Crippen molar-refractivity contribution >= 4 is 35.0 Å². The number of benzene rings is 2. The third-order valence-corrected chi connectivity index (χ3v) is 8.75. The molecule has 1 saturated carbocycles. The monoisotopic (exact) mass is 549 g/mol. The molecule has 204 valence electrons. The zero-order valence-electron chi connectivity index (χ0n) is 21.8. The van der Waals surface area contributed by atoms with Gasteiger partial charge in [0.1, 0.15) is 17.4 Å². The summed E-state index contributed by atoms with van der Waals surface area (Å²) >= 11 is 6.08. The van der Waals surface area contributed by atoms with Crippen molar-refractivity contribution in [3.8, 4) is 5.75 Å². The van der Waals surface area contributed by atoms with E-state index in [2.05, 4.69) is 10.6 Å². The lowest BCUT2D eigenvalue weighted by molar-refractivity contribution is -0.142. The molecule has 3 fully saturated rings. The summed E-state index contributed by atoms with van der Waals surface area (Å²) < 4.78 is 11.6. The van der Waals surface area contributed by atoms with Gasteiger partial charge >= 0.3 is 0 Å². The van der Waals surface area contributed by atoms with Crippen molar-refractivity contribution in [2.75, 3.05) is 12.4 Å². The third kappa shape index (κ3) is 4.59. The van der Waals surface area contributed by atoms with E-state index >= 15 is 0 Å². The molecule has 2 aromatic carbocycles. The van der Waals surface area contributed by atoms with Crippen molar-refractivity contribution in [2.45, 2.75) is 62.4 Å². The minimum atomic E-state index is -1.20. The van der Waals surface area contributed by atoms with Crippen molar-refractivity contribution in [3.63, 3.8) is 0 Å². The van der Waals surface area contributed by atoms with Crippen LogP contribution in [0.4, 0.5) is 5.69 Å². The smallest absolute Gasteiger partial charge is 0.246 e. The number of rotatable bonds is 7. The normalized spacial score (nSPS) is 29.4. The Bertz CT molecular complexity index is 1290. The first-order valence-corrected chi connectivity index (χ1v) is 13.9. The van der Waals surface area contributed by atoms with Crippen LogP contribution >= 0.6 is 11.6 Å². The molecule has 2 saturated heterocycles. The van der Waals surface area contributed by atoms with Crippen LogP contribution in [0.5, 0.6) is 5.75 Å². The number of nitrogens with one attached hydrogen (secondary N) is 2. The fourth-order valence-corrected chi connectivity index (χ4v) is 6.78. The minimum Gasteiger partial charge on any atom is -0.497 e. The van der Waals surface area contributed by atoms with Crippen LogP contribution in [0.25, 0.3) is 0 Å². The molecule has 3 heterocycles. The van der Waals surface area contributed by atoms with E-state index in [1.54, 1.807) is 48.4 Å². The first-order chi connectivity index (χ1) is 18.9. The first kappa shape index (κ1) is 25.9. The minimum absolute atomic E-state index is 0.0749. The van der Waals surface area contributed by atoms with Crippen molar-refractivity contribution in [1.82, 2.24) is 10.2 Å². The van der Waals surface area contributed by atoms with Crippen molar-refractivity contribution in [1.29, 1.82) is 0 Å². The first-order valence-electron chi connectivity index (χ1n) is 13.6. The molecule has 6 rings (SSSR count). The van der Waals surface area contributed by atoms with Gasteiger partial charge < -0.3 is 25.0 Å². The molecule has 3 amide bonds. The van der Waals surface area contributed by atoms with Crippen LogP contribution < -0.4 is 15.4 Å². The third-order valence-electron chi connectivity index (χ3n) is 8.50. The molecule has 9 heteroatoms. The molecule has 1 aliphatic carbocycles. The van der Waals surface area contributed by atoms with Gasteiger partial charge in [-0.2, -0.15) is 0 Å². The number of hydrogen-bond donors (Lipinski definition) is 2. The summed E-state index contributed by atoms with van der Waals surface area (Å²) in [6.07, 6.45) is 8.24. The standard InChI is InChI=1S/C30H32ClN3O5/c1-38-22-13-11-21(12-14-22)32-27(35)24-23-15-16-30(39-23)25(24)29(37)34(17-18-7-9-19(31)10-8-18)26(30)28(36)33-20-5-3-2-4-6-20/h7-16,20,23-26H,2-6,17H2,1H3,(H,32,35)(H,33,36)/t23-,24+,25-,26-,30-/m0/s1. The van der Waals surface area contributed by atoms with Gasteiger partial charge in [-0.15, -0.1) is 0 Å². The summed E-state index contributed by atoms with van der Waals surface area (Å²) in [5.74, 6) is -1.68. The molecule has 1 spiro atoms. The Balaban J connectivity index is 1.30. The van der Waals surface area contributed by atoms with Crippen LogP contribution in [0.2, 0.25) is 5.02 Å². The second kappa shape index (κ2) is 10.3. The summed E-state index contributed by atoms with van der Waals surface area (Å²) in [5.41, 5.74) is 0.239. The Kier molecular flexibility index (Phi) is 6.85. The number of likely N-dealkylation sites (tertiary alicyclic amines) is 1. The van der Waals surface area contributed by atoms with Crippen LogP contribution in [0.15, 0.2) is 60.7 Å². The fraction of sp³-hybridized carbons (Fsp3) is 0.433. The van der Waals surface area contributed by atoms with Gasteiger partial charge in [-0.1, -0.05) is 55.1 Å². The van der Waals surface area contributed by atoms with Crippen LogP contribution in [-0.4, -0.2) is 53.5 Å². The average molecular weight is 550 g/mol. The van der Waals surface area contributed by atoms with Crippen LogP contribution in [0, 0.1) is 11.8 Å². The summed E-state index contributed by atoms with van der Waals surface area (Å²) in [6.45, 7) is 0.214. The highest BCUT2D eigenvalue weighted by Gasteiger charge is 2.72. The fourth-order valence-electron chi connectivity index (χ4n) is 6.65. The van der Waals surface area contributed by atoms with E-state index in [1.165, 1.54) is 6.42 Å². The van der Waals surface area contributed by atoms with Gasteiger partial charge in [0, 0.05) is 23.3 Å².